The Bertz CT molecular complexity index is 400. The van der Waals surface area contributed by atoms with Gasteiger partial charge < -0.3 is 14.7 Å². The van der Waals surface area contributed by atoms with E-state index in [-0.39, 0.29) is 12.5 Å². The first-order valence-electron chi connectivity index (χ1n) is 6.34. The van der Waals surface area contributed by atoms with Crippen molar-refractivity contribution in [3.63, 3.8) is 0 Å². The molecule has 0 spiro atoms. The number of esters is 1. The lowest BCUT2D eigenvalue weighted by atomic mass is 10.2. The summed E-state index contributed by atoms with van der Waals surface area (Å²) >= 11 is 1.61. The Balaban J connectivity index is 2.01. The van der Waals surface area contributed by atoms with E-state index in [0.29, 0.717) is 18.7 Å². The van der Waals surface area contributed by atoms with E-state index < -0.39 is 29.8 Å². The van der Waals surface area contributed by atoms with Crippen LogP contribution in [0.4, 0.5) is 0 Å². The van der Waals surface area contributed by atoms with Crippen molar-refractivity contribution in [2.75, 3.05) is 24.7 Å². The van der Waals surface area contributed by atoms with Gasteiger partial charge >= 0.3 is 11.9 Å². The highest BCUT2D eigenvalue weighted by Crippen LogP contribution is 2.41. The molecule has 1 amide bonds. The van der Waals surface area contributed by atoms with E-state index >= 15 is 0 Å². The number of aliphatic carboxylic acids is 1. The summed E-state index contributed by atoms with van der Waals surface area (Å²) in [6.45, 7) is 2.49. The largest absolute Gasteiger partial charge is 0.481 e. The highest BCUT2D eigenvalue weighted by molar-refractivity contribution is 7.99. The van der Waals surface area contributed by atoms with E-state index in [1.165, 1.54) is 4.90 Å². The summed E-state index contributed by atoms with van der Waals surface area (Å²) in [5.74, 6) is -1.29. The molecule has 1 aliphatic heterocycles. The molecule has 3 atom stereocenters. The van der Waals surface area contributed by atoms with Gasteiger partial charge in [0.2, 0.25) is 5.91 Å². The number of thioether (sulfide) groups is 1. The Labute approximate surface area is 115 Å². The molecule has 0 radical (unpaired) electrons. The van der Waals surface area contributed by atoms with E-state index in [2.05, 4.69) is 0 Å². The molecule has 19 heavy (non-hydrogen) atoms. The number of carbonyl (C=O) groups excluding carboxylic acids is 2. The average molecular weight is 287 g/mol. The maximum absolute atomic E-state index is 12.2. The van der Waals surface area contributed by atoms with Gasteiger partial charge in [0.25, 0.3) is 0 Å². The maximum atomic E-state index is 12.2. The number of hydrogen-bond acceptors (Lipinski definition) is 5. The van der Waals surface area contributed by atoms with Crippen LogP contribution in [-0.2, 0) is 19.1 Å². The molecular weight excluding hydrogens is 270 g/mol. The molecule has 2 aliphatic rings. The van der Waals surface area contributed by atoms with E-state index in [4.69, 9.17) is 9.84 Å². The van der Waals surface area contributed by atoms with Crippen molar-refractivity contribution >= 4 is 29.6 Å². The van der Waals surface area contributed by atoms with Crippen LogP contribution in [0.15, 0.2) is 0 Å². The number of ether oxygens (including phenoxy) is 1. The van der Waals surface area contributed by atoms with Crippen molar-refractivity contribution < 1.29 is 24.2 Å². The third-order valence-corrected chi connectivity index (χ3v) is 4.42. The van der Waals surface area contributed by atoms with Gasteiger partial charge in [0, 0.05) is 18.1 Å². The van der Waals surface area contributed by atoms with Crippen molar-refractivity contribution in [1.29, 1.82) is 0 Å². The standard InChI is InChI=1S/C12H17NO5S/c1-2-18-12(17)9-6-19-4-3-13(9)10(14)7-5-8(7)11(15)16/h7-9H,2-6H2,1H3,(H,15,16)/t7-,8+,9?/m1/s1. The van der Waals surface area contributed by atoms with Gasteiger partial charge in [-0.15, -0.1) is 0 Å². The SMILES string of the molecule is CCOC(=O)C1CSCCN1C(=O)[C@@H]1C[C@@H]1C(=O)O. The molecular formula is C12H17NO5S. The second kappa shape index (κ2) is 5.81. The minimum atomic E-state index is -0.933. The molecule has 7 heteroatoms. The van der Waals surface area contributed by atoms with E-state index in [1.54, 1.807) is 18.7 Å². The Morgan fingerprint density at radius 2 is 2.11 bits per heavy atom. The maximum Gasteiger partial charge on any atom is 0.329 e. The number of nitrogens with zero attached hydrogens (tertiary/aromatic N) is 1. The minimum Gasteiger partial charge on any atom is -0.481 e. The van der Waals surface area contributed by atoms with Crippen LogP contribution in [0.3, 0.4) is 0 Å². The number of carbonyl (C=O) groups is 3. The Morgan fingerprint density at radius 3 is 2.68 bits per heavy atom. The molecule has 106 valence electrons. The van der Waals surface area contributed by atoms with Gasteiger partial charge in [-0.1, -0.05) is 0 Å². The Kier molecular flexibility index (Phi) is 4.34. The average Bonchev–Trinajstić information content (AvgIpc) is 3.18. The second-order valence-corrected chi connectivity index (χ2v) is 5.81. The quantitative estimate of drug-likeness (QED) is 0.744. The molecule has 0 aromatic carbocycles. The van der Waals surface area contributed by atoms with Crippen LogP contribution in [0.2, 0.25) is 0 Å². The molecule has 0 aromatic rings. The van der Waals surface area contributed by atoms with Crippen LogP contribution in [-0.4, -0.2) is 58.6 Å². The number of carboxylic acid groups (broad SMARTS) is 1. The van der Waals surface area contributed by atoms with Crippen molar-refractivity contribution in [2.45, 2.75) is 19.4 Å². The molecule has 2 fully saturated rings. The fourth-order valence-corrected chi connectivity index (χ4v) is 3.29. The first-order valence-corrected chi connectivity index (χ1v) is 7.49. The van der Waals surface area contributed by atoms with Crippen LogP contribution in [0, 0.1) is 11.8 Å². The van der Waals surface area contributed by atoms with E-state index in [0.717, 1.165) is 5.75 Å². The van der Waals surface area contributed by atoms with E-state index in [9.17, 15) is 14.4 Å². The molecule has 1 unspecified atom stereocenters. The summed E-state index contributed by atoms with van der Waals surface area (Å²) in [7, 11) is 0. The molecule has 1 N–H and O–H groups in total. The molecule has 0 aromatic heterocycles. The lowest BCUT2D eigenvalue weighted by Gasteiger charge is -2.33. The lowest BCUT2D eigenvalue weighted by Crippen LogP contribution is -2.51. The zero-order valence-electron chi connectivity index (χ0n) is 10.7. The predicted octanol–water partition coefficient (Wildman–Crippen LogP) is 0.214. The molecule has 1 aliphatic carbocycles. The Morgan fingerprint density at radius 1 is 1.37 bits per heavy atom. The van der Waals surface area contributed by atoms with Crippen LogP contribution < -0.4 is 0 Å². The normalized spacial score (nSPS) is 29.7. The first kappa shape index (κ1) is 14.2. The van der Waals surface area contributed by atoms with Gasteiger partial charge in [0.1, 0.15) is 6.04 Å². The number of carboxylic acids is 1. The number of rotatable bonds is 4. The summed E-state index contributed by atoms with van der Waals surface area (Å²) < 4.78 is 4.97. The highest BCUT2D eigenvalue weighted by atomic mass is 32.2. The fourth-order valence-electron chi connectivity index (χ4n) is 2.26. The topological polar surface area (TPSA) is 83.9 Å². The number of hydrogen-bond donors (Lipinski definition) is 1. The zero-order chi connectivity index (χ0) is 14.0. The summed E-state index contributed by atoms with van der Waals surface area (Å²) in [5.41, 5.74) is 0. The molecule has 6 nitrogen and oxygen atoms in total. The van der Waals surface area contributed by atoms with Gasteiger partial charge in [0.15, 0.2) is 0 Å². The van der Waals surface area contributed by atoms with Crippen LogP contribution in [0.5, 0.6) is 0 Å². The third kappa shape index (κ3) is 3.02. The summed E-state index contributed by atoms with van der Waals surface area (Å²) in [5, 5.41) is 8.86. The predicted molar refractivity (Wildman–Crippen MR) is 68.7 cm³/mol. The summed E-state index contributed by atoms with van der Waals surface area (Å²) in [6, 6.07) is -0.568. The van der Waals surface area contributed by atoms with Crippen LogP contribution in [0.25, 0.3) is 0 Å². The van der Waals surface area contributed by atoms with Gasteiger partial charge in [0.05, 0.1) is 18.4 Å². The van der Waals surface area contributed by atoms with Gasteiger partial charge in [-0.25, -0.2) is 4.79 Å². The summed E-state index contributed by atoms with van der Waals surface area (Å²) in [4.78, 5) is 36.4. The monoisotopic (exact) mass is 287 g/mol. The zero-order valence-corrected chi connectivity index (χ0v) is 11.5. The lowest BCUT2D eigenvalue weighted by molar-refractivity contribution is -0.154. The number of amides is 1. The molecule has 2 rings (SSSR count). The van der Waals surface area contributed by atoms with Crippen LogP contribution >= 0.6 is 11.8 Å². The minimum absolute atomic E-state index is 0.217. The van der Waals surface area contributed by atoms with Crippen LogP contribution in [0.1, 0.15) is 13.3 Å². The smallest absolute Gasteiger partial charge is 0.329 e. The van der Waals surface area contributed by atoms with Crippen molar-refractivity contribution in [2.24, 2.45) is 11.8 Å². The Hall–Kier alpha value is -1.24. The third-order valence-electron chi connectivity index (χ3n) is 3.40. The molecule has 1 saturated carbocycles. The van der Waals surface area contributed by atoms with Gasteiger partial charge in [-0.3, -0.25) is 9.59 Å². The highest BCUT2D eigenvalue weighted by Gasteiger charge is 2.51. The van der Waals surface area contributed by atoms with E-state index in [1.807, 2.05) is 0 Å². The first-order chi connectivity index (χ1) is 9.06. The molecule has 0 bridgehead atoms. The fraction of sp³-hybridized carbons (Fsp3) is 0.750. The van der Waals surface area contributed by atoms with Crippen molar-refractivity contribution in [3.05, 3.63) is 0 Å². The van der Waals surface area contributed by atoms with Crippen molar-refractivity contribution in [1.82, 2.24) is 4.90 Å². The van der Waals surface area contributed by atoms with Gasteiger partial charge in [-0.2, -0.15) is 11.8 Å². The molecule has 1 saturated heterocycles. The summed E-state index contributed by atoms with van der Waals surface area (Å²) in [6.07, 6.45) is 0.382. The second-order valence-electron chi connectivity index (χ2n) is 4.66. The van der Waals surface area contributed by atoms with Gasteiger partial charge in [-0.05, 0) is 13.3 Å². The molecule has 1 heterocycles. The van der Waals surface area contributed by atoms with Crippen molar-refractivity contribution in [3.8, 4) is 0 Å².